The van der Waals surface area contributed by atoms with Crippen LogP contribution in [0.5, 0.6) is 0 Å². The smallest absolute Gasteiger partial charge is 0.230 e. The summed E-state index contributed by atoms with van der Waals surface area (Å²) >= 11 is 1.70. The fourth-order valence-electron chi connectivity index (χ4n) is 1.40. The Balaban J connectivity index is 1.89. The molecule has 2 rings (SSSR count). The molecule has 0 radical (unpaired) electrons. The zero-order chi connectivity index (χ0) is 12.3. The lowest BCUT2D eigenvalue weighted by molar-refractivity contribution is 0.421. The summed E-state index contributed by atoms with van der Waals surface area (Å²) in [7, 11) is 0. The Hall–Kier alpha value is -1.27. The van der Waals surface area contributed by atoms with Gasteiger partial charge in [0.2, 0.25) is 11.8 Å². The maximum atomic E-state index is 5.42. The number of thiazole rings is 1. The molecule has 0 aliphatic rings. The van der Waals surface area contributed by atoms with Crippen molar-refractivity contribution in [2.45, 2.75) is 39.8 Å². The van der Waals surface area contributed by atoms with Gasteiger partial charge >= 0.3 is 0 Å². The van der Waals surface area contributed by atoms with Crippen molar-refractivity contribution in [2.24, 2.45) is 0 Å². The summed E-state index contributed by atoms with van der Waals surface area (Å²) in [5.74, 6) is 1.31. The van der Waals surface area contributed by atoms with Crippen molar-refractivity contribution < 1.29 is 4.42 Å². The van der Waals surface area contributed by atoms with Gasteiger partial charge in [0.25, 0.3) is 0 Å². The predicted molar refractivity (Wildman–Crippen MR) is 65.8 cm³/mol. The Bertz CT molecular complexity index is 479. The molecular weight excluding hydrogens is 236 g/mol. The van der Waals surface area contributed by atoms with E-state index in [-0.39, 0.29) is 6.04 Å². The quantitative estimate of drug-likeness (QED) is 0.884. The second-order valence-electron chi connectivity index (χ2n) is 3.85. The highest BCUT2D eigenvalue weighted by atomic mass is 32.1. The second-order valence-corrected chi connectivity index (χ2v) is 5.12. The van der Waals surface area contributed by atoms with Crippen LogP contribution in [-0.2, 0) is 13.0 Å². The Kier molecular flexibility index (Phi) is 3.86. The number of hydrogen-bond donors (Lipinski definition) is 1. The molecule has 92 valence electrons. The van der Waals surface area contributed by atoms with Gasteiger partial charge in [-0.2, -0.15) is 0 Å². The van der Waals surface area contributed by atoms with Crippen molar-refractivity contribution >= 4 is 11.3 Å². The van der Waals surface area contributed by atoms with Crippen molar-refractivity contribution in [1.82, 2.24) is 20.5 Å². The van der Waals surface area contributed by atoms with E-state index in [1.165, 1.54) is 4.88 Å². The number of hydrogen-bond acceptors (Lipinski definition) is 6. The average molecular weight is 252 g/mol. The van der Waals surface area contributed by atoms with Gasteiger partial charge in [-0.25, -0.2) is 4.98 Å². The minimum atomic E-state index is 0.200. The zero-order valence-electron chi connectivity index (χ0n) is 10.2. The third-order valence-corrected chi connectivity index (χ3v) is 3.48. The SMILES string of the molecule is CCc1nnc(CN[C@H](C)c2ncc(C)s2)o1. The van der Waals surface area contributed by atoms with E-state index < -0.39 is 0 Å². The van der Waals surface area contributed by atoms with Gasteiger partial charge in [-0.1, -0.05) is 6.92 Å². The van der Waals surface area contributed by atoms with Crippen LogP contribution in [0.2, 0.25) is 0 Å². The van der Waals surface area contributed by atoms with Crippen LogP contribution in [-0.4, -0.2) is 15.2 Å². The van der Waals surface area contributed by atoms with Gasteiger partial charge in [0.1, 0.15) is 5.01 Å². The van der Waals surface area contributed by atoms with Gasteiger partial charge in [0, 0.05) is 17.5 Å². The Morgan fingerprint density at radius 1 is 1.41 bits per heavy atom. The molecule has 0 fully saturated rings. The zero-order valence-corrected chi connectivity index (χ0v) is 11.0. The molecule has 0 bridgehead atoms. The number of aromatic nitrogens is 3. The highest BCUT2D eigenvalue weighted by Gasteiger charge is 2.11. The Morgan fingerprint density at radius 3 is 2.76 bits per heavy atom. The van der Waals surface area contributed by atoms with Crippen LogP contribution < -0.4 is 5.32 Å². The van der Waals surface area contributed by atoms with Gasteiger partial charge in [-0.05, 0) is 13.8 Å². The van der Waals surface area contributed by atoms with E-state index in [9.17, 15) is 0 Å². The molecule has 2 heterocycles. The third-order valence-electron chi connectivity index (χ3n) is 2.38. The van der Waals surface area contributed by atoms with Crippen molar-refractivity contribution in [3.05, 3.63) is 27.9 Å². The summed E-state index contributed by atoms with van der Waals surface area (Å²) in [6.07, 6.45) is 2.66. The van der Waals surface area contributed by atoms with Crippen molar-refractivity contribution in [3.63, 3.8) is 0 Å². The van der Waals surface area contributed by atoms with Crippen molar-refractivity contribution in [3.8, 4) is 0 Å². The highest BCUT2D eigenvalue weighted by Crippen LogP contribution is 2.19. The molecule has 2 aromatic heterocycles. The molecule has 0 aliphatic carbocycles. The lowest BCUT2D eigenvalue weighted by Crippen LogP contribution is -2.18. The number of rotatable bonds is 5. The highest BCUT2D eigenvalue weighted by molar-refractivity contribution is 7.11. The fraction of sp³-hybridized carbons (Fsp3) is 0.545. The Labute approximate surface area is 104 Å². The molecule has 0 unspecified atom stereocenters. The first-order chi connectivity index (χ1) is 8.19. The van der Waals surface area contributed by atoms with E-state index in [1.807, 2.05) is 13.1 Å². The standard InChI is InChI=1S/C11H16N4OS/c1-4-9-14-15-10(16-9)6-12-8(3)11-13-5-7(2)17-11/h5,8,12H,4,6H2,1-3H3/t8-/m1/s1. The third kappa shape index (κ3) is 3.10. The van der Waals surface area contributed by atoms with Crippen LogP contribution in [0, 0.1) is 6.92 Å². The molecule has 5 nitrogen and oxygen atoms in total. The van der Waals surface area contributed by atoms with Crippen LogP contribution in [0.4, 0.5) is 0 Å². The summed E-state index contributed by atoms with van der Waals surface area (Å²) < 4.78 is 5.42. The molecule has 2 aromatic rings. The van der Waals surface area contributed by atoms with Gasteiger partial charge < -0.3 is 4.42 Å². The van der Waals surface area contributed by atoms with Gasteiger partial charge in [0.05, 0.1) is 12.6 Å². The van der Waals surface area contributed by atoms with E-state index >= 15 is 0 Å². The molecule has 0 aliphatic heterocycles. The number of nitrogens with zero attached hydrogens (tertiary/aromatic N) is 3. The molecule has 6 heteroatoms. The molecule has 0 aromatic carbocycles. The molecule has 1 N–H and O–H groups in total. The van der Waals surface area contributed by atoms with Gasteiger partial charge in [-0.3, -0.25) is 5.32 Å². The average Bonchev–Trinajstić information content (AvgIpc) is 2.94. The van der Waals surface area contributed by atoms with Crippen LogP contribution >= 0.6 is 11.3 Å². The largest absolute Gasteiger partial charge is 0.424 e. The summed E-state index contributed by atoms with van der Waals surface area (Å²) in [6, 6.07) is 0.200. The molecule has 0 spiro atoms. The lowest BCUT2D eigenvalue weighted by atomic mass is 10.3. The van der Waals surface area contributed by atoms with Crippen LogP contribution in [0.3, 0.4) is 0 Å². The topological polar surface area (TPSA) is 63.8 Å². The lowest BCUT2D eigenvalue weighted by Gasteiger charge is -2.08. The molecular formula is C11H16N4OS. The van der Waals surface area contributed by atoms with Crippen LogP contribution in [0.1, 0.15) is 41.6 Å². The minimum absolute atomic E-state index is 0.200. The van der Waals surface area contributed by atoms with E-state index in [0.29, 0.717) is 18.3 Å². The summed E-state index contributed by atoms with van der Waals surface area (Å²) in [5, 5.41) is 12.3. The van der Waals surface area contributed by atoms with Crippen molar-refractivity contribution in [2.75, 3.05) is 0 Å². The Morgan fingerprint density at radius 2 is 2.18 bits per heavy atom. The molecule has 17 heavy (non-hydrogen) atoms. The predicted octanol–water partition coefficient (Wildman–Crippen LogP) is 2.25. The first-order valence-corrected chi connectivity index (χ1v) is 6.47. The first kappa shape index (κ1) is 12.2. The fourth-order valence-corrected chi connectivity index (χ4v) is 2.20. The van der Waals surface area contributed by atoms with Crippen LogP contribution in [0.15, 0.2) is 10.6 Å². The maximum absolute atomic E-state index is 5.42. The van der Waals surface area contributed by atoms with E-state index in [0.717, 1.165) is 11.4 Å². The maximum Gasteiger partial charge on any atom is 0.230 e. The molecule has 0 amide bonds. The molecule has 0 saturated carbocycles. The van der Waals surface area contributed by atoms with E-state index in [1.54, 1.807) is 11.3 Å². The normalized spacial score (nSPS) is 12.9. The first-order valence-electron chi connectivity index (χ1n) is 5.66. The summed E-state index contributed by atoms with van der Waals surface area (Å²) in [5.41, 5.74) is 0. The van der Waals surface area contributed by atoms with E-state index in [2.05, 4.69) is 34.3 Å². The molecule has 1 atom stereocenters. The summed E-state index contributed by atoms with van der Waals surface area (Å²) in [6.45, 7) is 6.70. The van der Waals surface area contributed by atoms with Crippen molar-refractivity contribution in [1.29, 1.82) is 0 Å². The molecule has 0 saturated heterocycles. The number of nitrogens with one attached hydrogen (secondary N) is 1. The summed E-state index contributed by atoms with van der Waals surface area (Å²) in [4.78, 5) is 5.56. The second kappa shape index (κ2) is 5.37. The van der Waals surface area contributed by atoms with Crippen LogP contribution in [0.25, 0.3) is 0 Å². The number of aryl methyl sites for hydroxylation is 2. The monoisotopic (exact) mass is 252 g/mol. The van der Waals surface area contributed by atoms with Gasteiger partial charge in [-0.15, -0.1) is 21.5 Å². The minimum Gasteiger partial charge on any atom is -0.424 e. The van der Waals surface area contributed by atoms with E-state index in [4.69, 9.17) is 4.42 Å². The van der Waals surface area contributed by atoms with Gasteiger partial charge in [0.15, 0.2) is 0 Å².